The molecule has 1 aliphatic heterocycles. The van der Waals surface area contributed by atoms with E-state index in [2.05, 4.69) is 5.32 Å². The molecule has 0 aliphatic carbocycles. The summed E-state index contributed by atoms with van der Waals surface area (Å²) in [4.78, 5) is 26.3. The second-order valence-electron chi connectivity index (χ2n) is 6.29. The number of nitrogens with one attached hydrogen (secondary N) is 1. The number of carbonyl (C=O) groups is 2. The standard InChI is InChI=1S/C18H26N2O4/c1-4-12(2)16(11-21)19-18(23)13-9-17(22)20(10-13)14-5-7-15(24-3)8-6-14/h5-8,12-13,16,21H,4,9-11H2,1-3H3,(H,19,23)/t12-,13?,16-/m1/s1. The summed E-state index contributed by atoms with van der Waals surface area (Å²) < 4.78 is 5.12. The normalized spacial score (nSPS) is 19.9. The van der Waals surface area contributed by atoms with Gasteiger partial charge in [0.15, 0.2) is 0 Å². The highest BCUT2D eigenvalue weighted by Crippen LogP contribution is 2.27. The number of nitrogens with zero attached hydrogens (tertiary/aromatic N) is 1. The van der Waals surface area contributed by atoms with E-state index in [1.807, 2.05) is 26.0 Å². The molecule has 2 rings (SSSR count). The fraction of sp³-hybridized carbons (Fsp3) is 0.556. The lowest BCUT2D eigenvalue weighted by Crippen LogP contribution is -2.45. The number of amides is 2. The summed E-state index contributed by atoms with van der Waals surface area (Å²) in [6, 6.07) is 6.94. The Morgan fingerprint density at radius 1 is 1.42 bits per heavy atom. The molecule has 0 aromatic heterocycles. The van der Waals surface area contributed by atoms with Gasteiger partial charge >= 0.3 is 0 Å². The van der Waals surface area contributed by atoms with Gasteiger partial charge in [-0.1, -0.05) is 20.3 Å². The predicted octanol–water partition coefficient (Wildman–Crippen LogP) is 1.57. The first-order valence-electron chi connectivity index (χ1n) is 8.35. The van der Waals surface area contributed by atoms with Crippen molar-refractivity contribution in [2.75, 3.05) is 25.2 Å². The summed E-state index contributed by atoms with van der Waals surface area (Å²) in [5.74, 6) is 0.286. The number of carbonyl (C=O) groups excluding carboxylic acids is 2. The fourth-order valence-electron chi connectivity index (χ4n) is 2.85. The van der Waals surface area contributed by atoms with Gasteiger partial charge in [-0.2, -0.15) is 0 Å². The molecule has 0 spiro atoms. The zero-order chi connectivity index (χ0) is 17.7. The van der Waals surface area contributed by atoms with Crippen molar-refractivity contribution in [3.63, 3.8) is 0 Å². The molecule has 1 heterocycles. The van der Waals surface area contributed by atoms with Crippen LogP contribution in [0.3, 0.4) is 0 Å². The van der Waals surface area contributed by atoms with Crippen LogP contribution in [0.2, 0.25) is 0 Å². The maximum atomic E-state index is 12.4. The highest BCUT2D eigenvalue weighted by molar-refractivity contribution is 6.00. The summed E-state index contributed by atoms with van der Waals surface area (Å²) in [5, 5.41) is 12.3. The minimum Gasteiger partial charge on any atom is -0.497 e. The van der Waals surface area contributed by atoms with Crippen molar-refractivity contribution in [2.24, 2.45) is 11.8 Å². The molecule has 0 radical (unpaired) electrons. The number of aliphatic hydroxyl groups excluding tert-OH is 1. The van der Waals surface area contributed by atoms with Crippen molar-refractivity contribution in [2.45, 2.75) is 32.7 Å². The number of hydrogen-bond donors (Lipinski definition) is 2. The van der Waals surface area contributed by atoms with E-state index in [0.717, 1.165) is 17.9 Å². The van der Waals surface area contributed by atoms with E-state index in [4.69, 9.17) is 4.74 Å². The summed E-state index contributed by atoms with van der Waals surface area (Å²) >= 11 is 0. The zero-order valence-electron chi connectivity index (χ0n) is 14.5. The molecule has 3 atom stereocenters. The van der Waals surface area contributed by atoms with Gasteiger partial charge < -0.3 is 20.1 Å². The van der Waals surface area contributed by atoms with Gasteiger partial charge in [0.25, 0.3) is 0 Å². The van der Waals surface area contributed by atoms with Crippen LogP contribution < -0.4 is 15.0 Å². The molecule has 1 aliphatic rings. The summed E-state index contributed by atoms with van der Waals surface area (Å²) in [7, 11) is 1.59. The van der Waals surface area contributed by atoms with Crippen LogP contribution >= 0.6 is 0 Å². The first kappa shape index (κ1) is 18.3. The van der Waals surface area contributed by atoms with Crippen molar-refractivity contribution < 1.29 is 19.4 Å². The van der Waals surface area contributed by atoms with E-state index in [9.17, 15) is 14.7 Å². The van der Waals surface area contributed by atoms with Gasteiger partial charge in [-0.25, -0.2) is 0 Å². The molecule has 1 fully saturated rings. The molecule has 6 nitrogen and oxygen atoms in total. The highest BCUT2D eigenvalue weighted by Gasteiger charge is 2.36. The van der Waals surface area contributed by atoms with Gasteiger partial charge in [-0.05, 0) is 30.2 Å². The Labute approximate surface area is 142 Å². The van der Waals surface area contributed by atoms with Gasteiger partial charge in [-0.15, -0.1) is 0 Å². The number of rotatable bonds is 7. The van der Waals surface area contributed by atoms with Gasteiger partial charge in [0, 0.05) is 18.7 Å². The molecule has 24 heavy (non-hydrogen) atoms. The maximum absolute atomic E-state index is 12.4. The van der Waals surface area contributed by atoms with Crippen molar-refractivity contribution >= 4 is 17.5 Å². The zero-order valence-corrected chi connectivity index (χ0v) is 14.5. The number of aliphatic hydroxyl groups is 1. The quantitative estimate of drug-likeness (QED) is 0.793. The maximum Gasteiger partial charge on any atom is 0.227 e. The molecule has 1 aromatic rings. The van der Waals surface area contributed by atoms with Crippen molar-refractivity contribution in [1.29, 1.82) is 0 Å². The molecule has 2 N–H and O–H groups in total. The van der Waals surface area contributed by atoms with E-state index in [-0.39, 0.29) is 36.8 Å². The third-order valence-electron chi connectivity index (χ3n) is 4.74. The van der Waals surface area contributed by atoms with Crippen LogP contribution in [0.4, 0.5) is 5.69 Å². The third kappa shape index (κ3) is 4.06. The van der Waals surface area contributed by atoms with E-state index in [0.29, 0.717) is 6.54 Å². The lowest BCUT2D eigenvalue weighted by atomic mass is 9.98. The lowest BCUT2D eigenvalue weighted by Gasteiger charge is -2.24. The molecule has 0 bridgehead atoms. The Balaban J connectivity index is 2.01. The Kier molecular flexibility index (Phi) is 6.20. The number of hydrogen-bond acceptors (Lipinski definition) is 4. The monoisotopic (exact) mass is 334 g/mol. The molecule has 1 unspecified atom stereocenters. The van der Waals surface area contributed by atoms with Gasteiger partial charge in [0.2, 0.25) is 11.8 Å². The van der Waals surface area contributed by atoms with Crippen LogP contribution in [0.1, 0.15) is 26.7 Å². The van der Waals surface area contributed by atoms with Crippen LogP contribution in [0, 0.1) is 11.8 Å². The van der Waals surface area contributed by atoms with Crippen LogP contribution in [-0.4, -0.2) is 43.2 Å². The van der Waals surface area contributed by atoms with E-state index >= 15 is 0 Å². The molecule has 2 amide bonds. The molecular weight excluding hydrogens is 308 g/mol. The summed E-state index contributed by atoms with van der Waals surface area (Å²) in [6.45, 7) is 4.27. The van der Waals surface area contributed by atoms with Crippen LogP contribution in [0.15, 0.2) is 24.3 Å². The molecular formula is C18H26N2O4. The van der Waals surface area contributed by atoms with Crippen LogP contribution in [0.25, 0.3) is 0 Å². The molecule has 0 saturated carbocycles. The Morgan fingerprint density at radius 3 is 2.62 bits per heavy atom. The fourth-order valence-corrected chi connectivity index (χ4v) is 2.85. The largest absolute Gasteiger partial charge is 0.497 e. The minimum absolute atomic E-state index is 0.0654. The average Bonchev–Trinajstić information content (AvgIpc) is 3.00. The number of anilines is 1. The predicted molar refractivity (Wildman–Crippen MR) is 91.9 cm³/mol. The molecule has 132 valence electrons. The second kappa shape index (κ2) is 8.15. The number of ether oxygens (including phenoxy) is 1. The van der Waals surface area contributed by atoms with E-state index in [1.165, 1.54) is 0 Å². The van der Waals surface area contributed by atoms with Gasteiger partial charge in [0.1, 0.15) is 5.75 Å². The van der Waals surface area contributed by atoms with Crippen LogP contribution in [0.5, 0.6) is 5.75 Å². The average molecular weight is 334 g/mol. The molecule has 1 saturated heterocycles. The lowest BCUT2D eigenvalue weighted by molar-refractivity contribution is -0.127. The smallest absolute Gasteiger partial charge is 0.227 e. The SMILES string of the molecule is CC[C@@H](C)[C@@H](CO)NC(=O)C1CC(=O)N(c2ccc(OC)cc2)C1. The topological polar surface area (TPSA) is 78.9 Å². The summed E-state index contributed by atoms with van der Waals surface area (Å²) in [6.07, 6.45) is 1.06. The Bertz CT molecular complexity index is 573. The van der Waals surface area contributed by atoms with Gasteiger partial charge in [0.05, 0.1) is 25.7 Å². The first-order valence-corrected chi connectivity index (χ1v) is 8.35. The minimum atomic E-state index is -0.391. The summed E-state index contributed by atoms with van der Waals surface area (Å²) in [5.41, 5.74) is 0.761. The van der Waals surface area contributed by atoms with Crippen molar-refractivity contribution in [3.8, 4) is 5.75 Å². The number of methoxy groups -OCH3 is 1. The van der Waals surface area contributed by atoms with Crippen LogP contribution in [-0.2, 0) is 9.59 Å². The Hall–Kier alpha value is -2.08. The third-order valence-corrected chi connectivity index (χ3v) is 4.74. The molecule has 1 aromatic carbocycles. The second-order valence-corrected chi connectivity index (χ2v) is 6.29. The first-order chi connectivity index (χ1) is 11.5. The van der Waals surface area contributed by atoms with Gasteiger partial charge in [-0.3, -0.25) is 9.59 Å². The molecule has 6 heteroatoms. The highest BCUT2D eigenvalue weighted by atomic mass is 16.5. The van der Waals surface area contributed by atoms with Crippen molar-refractivity contribution in [3.05, 3.63) is 24.3 Å². The number of benzene rings is 1. The van der Waals surface area contributed by atoms with E-state index in [1.54, 1.807) is 24.1 Å². The Morgan fingerprint density at radius 2 is 2.08 bits per heavy atom. The van der Waals surface area contributed by atoms with E-state index < -0.39 is 5.92 Å². The van der Waals surface area contributed by atoms with Crippen molar-refractivity contribution in [1.82, 2.24) is 5.32 Å².